The molecule has 0 radical (unpaired) electrons. The predicted molar refractivity (Wildman–Crippen MR) is 73.4 cm³/mol. The van der Waals surface area contributed by atoms with Gasteiger partial charge in [0.2, 0.25) is 0 Å². The molecule has 5 nitrogen and oxygen atoms in total. The van der Waals surface area contributed by atoms with Gasteiger partial charge in [0.15, 0.2) is 0 Å². The van der Waals surface area contributed by atoms with Crippen molar-refractivity contribution in [2.75, 3.05) is 0 Å². The van der Waals surface area contributed by atoms with E-state index in [1.165, 1.54) is 0 Å². The van der Waals surface area contributed by atoms with Gasteiger partial charge in [-0.2, -0.15) is 4.98 Å². The van der Waals surface area contributed by atoms with Gasteiger partial charge in [-0.05, 0) is 25.7 Å². The Balaban J connectivity index is 3.33. The van der Waals surface area contributed by atoms with Gasteiger partial charge >= 0.3 is 11.7 Å². The zero-order chi connectivity index (χ0) is 14.8. The Labute approximate surface area is 113 Å². The van der Waals surface area contributed by atoms with Gasteiger partial charge in [-0.15, -0.1) is 0 Å². The van der Waals surface area contributed by atoms with Gasteiger partial charge in [-0.1, -0.05) is 20.8 Å². The standard InChI is InChI=1S/C14H22N2O3/c1-6-14(4,5)8-16-10(3)11(7-12(17)18)9(2)15-13(16)19/h6-8H2,1-5H3,(H,17,18). The van der Waals surface area contributed by atoms with Gasteiger partial charge in [0.05, 0.1) is 6.42 Å². The summed E-state index contributed by atoms with van der Waals surface area (Å²) in [6.07, 6.45) is 0.832. The molecule has 0 unspecified atom stereocenters. The lowest BCUT2D eigenvalue weighted by Gasteiger charge is -2.25. The maximum absolute atomic E-state index is 12.0. The first kappa shape index (κ1) is 15.4. The number of rotatable bonds is 5. The Hall–Kier alpha value is -1.65. The minimum Gasteiger partial charge on any atom is -0.481 e. The number of aromatic nitrogens is 2. The second kappa shape index (κ2) is 5.55. The van der Waals surface area contributed by atoms with Gasteiger partial charge < -0.3 is 5.11 Å². The number of carboxylic acid groups (broad SMARTS) is 1. The first-order valence-corrected chi connectivity index (χ1v) is 6.46. The summed E-state index contributed by atoms with van der Waals surface area (Å²) < 4.78 is 1.59. The second-order valence-corrected chi connectivity index (χ2v) is 5.72. The van der Waals surface area contributed by atoms with Gasteiger partial charge in [-0.3, -0.25) is 9.36 Å². The largest absolute Gasteiger partial charge is 0.481 e. The third-order valence-corrected chi connectivity index (χ3v) is 3.64. The highest BCUT2D eigenvalue weighted by Crippen LogP contribution is 2.23. The van der Waals surface area contributed by atoms with Gasteiger partial charge in [-0.25, -0.2) is 4.79 Å². The number of carboxylic acids is 1. The Morgan fingerprint density at radius 1 is 1.37 bits per heavy atom. The summed E-state index contributed by atoms with van der Waals surface area (Å²) in [5, 5.41) is 8.94. The van der Waals surface area contributed by atoms with Crippen molar-refractivity contribution < 1.29 is 9.90 Å². The minimum absolute atomic E-state index is 0.0218. The third kappa shape index (κ3) is 3.66. The molecule has 106 valence electrons. The highest BCUT2D eigenvalue weighted by atomic mass is 16.4. The van der Waals surface area contributed by atoms with Crippen LogP contribution in [0.2, 0.25) is 0 Å². The maximum atomic E-state index is 12.0. The van der Waals surface area contributed by atoms with Crippen LogP contribution in [0.1, 0.15) is 44.1 Å². The fourth-order valence-corrected chi connectivity index (χ4v) is 1.97. The molecule has 5 heteroatoms. The van der Waals surface area contributed by atoms with Crippen molar-refractivity contribution in [2.45, 2.75) is 54.0 Å². The summed E-state index contributed by atoms with van der Waals surface area (Å²) in [4.78, 5) is 26.8. The molecule has 19 heavy (non-hydrogen) atoms. The Bertz CT molecular complexity index is 544. The molecule has 0 atom stereocenters. The number of aryl methyl sites for hydroxylation is 1. The Morgan fingerprint density at radius 2 is 1.95 bits per heavy atom. The van der Waals surface area contributed by atoms with E-state index in [0.717, 1.165) is 6.42 Å². The normalized spacial score (nSPS) is 11.6. The molecule has 0 saturated carbocycles. The minimum atomic E-state index is -0.909. The molecular weight excluding hydrogens is 244 g/mol. The van der Waals surface area contributed by atoms with Crippen LogP contribution in [0.15, 0.2) is 4.79 Å². The Kier molecular flexibility index (Phi) is 4.50. The van der Waals surface area contributed by atoms with Crippen LogP contribution < -0.4 is 5.69 Å². The van der Waals surface area contributed by atoms with Crippen molar-refractivity contribution in [3.63, 3.8) is 0 Å². The molecule has 0 saturated heterocycles. The lowest BCUT2D eigenvalue weighted by molar-refractivity contribution is -0.136. The number of aliphatic carboxylic acids is 1. The molecule has 0 fully saturated rings. The molecule has 0 spiro atoms. The topological polar surface area (TPSA) is 72.2 Å². The van der Waals surface area contributed by atoms with E-state index in [4.69, 9.17) is 5.11 Å². The van der Waals surface area contributed by atoms with E-state index in [-0.39, 0.29) is 17.5 Å². The first-order valence-electron chi connectivity index (χ1n) is 6.46. The zero-order valence-corrected chi connectivity index (χ0v) is 12.3. The molecule has 1 heterocycles. The van der Waals surface area contributed by atoms with Crippen molar-refractivity contribution in [3.05, 3.63) is 27.4 Å². The quantitative estimate of drug-likeness (QED) is 0.883. The average molecular weight is 266 g/mol. The first-order chi connectivity index (χ1) is 8.68. The SMILES string of the molecule is CCC(C)(C)Cn1c(C)c(CC(=O)O)c(C)nc1=O. The number of hydrogen-bond donors (Lipinski definition) is 1. The third-order valence-electron chi connectivity index (χ3n) is 3.64. The molecule has 0 aliphatic heterocycles. The van der Waals surface area contributed by atoms with Crippen LogP contribution in [0, 0.1) is 19.3 Å². The van der Waals surface area contributed by atoms with Crippen LogP contribution in [0.25, 0.3) is 0 Å². The van der Waals surface area contributed by atoms with Crippen molar-refractivity contribution in [3.8, 4) is 0 Å². The van der Waals surface area contributed by atoms with Crippen LogP contribution in [0.4, 0.5) is 0 Å². The van der Waals surface area contributed by atoms with Crippen molar-refractivity contribution in [1.82, 2.24) is 9.55 Å². The van der Waals surface area contributed by atoms with E-state index in [2.05, 4.69) is 25.8 Å². The molecule has 0 aliphatic carbocycles. The number of carbonyl (C=O) groups is 1. The van der Waals surface area contributed by atoms with Gasteiger partial charge in [0.25, 0.3) is 0 Å². The molecule has 1 aromatic heterocycles. The summed E-state index contributed by atoms with van der Waals surface area (Å²) in [7, 11) is 0. The highest BCUT2D eigenvalue weighted by Gasteiger charge is 2.20. The van der Waals surface area contributed by atoms with Crippen molar-refractivity contribution >= 4 is 5.97 Å². The van der Waals surface area contributed by atoms with Crippen LogP contribution in [0.3, 0.4) is 0 Å². The van der Waals surface area contributed by atoms with E-state index in [1.54, 1.807) is 18.4 Å². The zero-order valence-electron chi connectivity index (χ0n) is 12.3. The number of hydrogen-bond acceptors (Lipinski definition) is 3. The molecule has 1 N–H and O–H groups in total. The second-order valence-electron chi connectivity index (χ2n) is 5.72. The lowest BCUT2D eigenvalue weighted by atomic mass is 9.90. The lowest BCUT2D eigenvalue weighted by Crippen LogP contribution is -2.33. The summed E-state index contributed by atoms with van der Waals surface area (Å²) in [5.74, 6) is -0.909. The smallest absolute Gasteiger partial charge is 0.347 e. The van der Waals surface area contributed by atoms with Crippen LogP contribution in [-0.4, -0.2) is 20.6 Å². The highest BCUT2D eigenvalue weighted by molar-refractivity contribution is 5.70. The molecule has 0 amide bonds. The van der Waals surface area contributed by atoms with Gasteiger partial charge in [0.1, 0.15) is 0 Å². The molecular formula is C14H22N2O3. The fourth-order valence-electron chi connectivity index (χ4n) is 1.97. The predicted octanol–water partition coefficient (Wildman–Crippen LogP) is 1.92. The summed E-state index contributed by atoms with van der Waals surface area (Å²) in [6, 6.07) is 0. The van der Waals surface area contributed by atoms with E-state index in [1.807, 2.05) is 0 Å². The van der Waals surface area contributed by atoms with Crippen LogP contribution in [-0.2, 0) is 17.8 Å². The summed E-state index contributed by atoms with van der Waals surface area (Å²) in [6.45, 7) is 10.3. The van der Waals surface area contributed by atoms with Gasteiger partial charge in [0, 0.05) is 23.5 Å². The molecule has 1 aromatic rings. The van der Waals surface area contributed by atoms with E-state index < -0.39 is 5.97 Å². The van der Waals surface area contributed by atoms with Crippen LogP contribution >= 0.6 is 0 Å². The monoisotopic (exact) mass is 266 g/mol. The molecule has 0 aliphatic rings. The molecule has 1 rings (SSSR count). The summed E-state index contributed by atoms with van der Waals surface area (Å²) >= 11 is 0. The van der Waals surface area contributed by atoms with Crippen molar-refractivity contribution in [2.24, 2.45) is 5.41 Å². The van der Waals surface area contributed by atoms with Crippen LogP contribution in [0.5, 0.6) is 0 Å². The van der Waals surface area contributed by atoms with E-state index in [0.29, 0.717) is 23.5 Å². The number of nitrogens with zero attached hydrogens (tertiary/aromatic N) is 2. The van der Waals surface area contributed by atoms with Crippen molar-refractivity contribution in [1.29, 1.82) is 0 Å². The maximum Gasteiger partial charge on any atom is 0.347 e. The average Bonchev–Trinajstić information content (AvgIpc) is 2.30. The fraction of sp³-hybridized carbons (Fsp3) is 0.643. The Morgan fingerprint density at radius 3 is 2.42 bits per heavy atom. The van der Waals surface area contributed by atoms with E-state index >= 15 is 0 Å². The molecule has 0 bridgehead atoms. The molecule has 0 aromatic carbocycles. The summed E-state index contributed by atoms with van der Waals surface area (Å²) in [5.41, 5.74) is 1.54. The van der Waals surface area contributed by atoms with E-state index in [9.17, 15) is 9.59 Å².